The minimum atomic E-state index is 0.793. The first-order valence-corrected chi connectivity index (χ1v) is 6.58. The molecule has 0 aliphatic heterocycles. The normalized spacial score (nSPS) is 10.9. The summed E-state index contributed by atoms with van der Waals surface area (Å²) in [6.45, 7) is 0. The standard InChI is InChI=1S/C12H7Br2N3/c13-9-3-1-8(2-4-9)11-12-15-5-6-17(12)7-10(14)16-11/h1-7H. The molecule has 0 amide bonds. The Morgan fingerprint density at radius 3 is 2.59 bits per heavy atom. The van der Waals surface area contributed by atoms with E-state index >= 15 is 0 Å². The highest BCUT2D eigenvalue weighted by molar-refractivity contribution is 9.10. The molecule has 0 radical (unpaired) electrons. The van der Waals surface area contributed by atoms with Crippen molar-refractivity contribution in [1.29, 1.82) is 0 Å². The number of nitrogens with zero attached hydrogens (tertiary/aromatic N) is 3. The maximum atomic E-state index is 4.49. The second kappa shape index (κ2) is 4.23. The van der Waals surface area contributed by atoms with Crippen LogP contribution >= 0.6 is 31.9 Å². The zero-order valence-electron chi connectivity index (χ0n) is 8.64. The molecule has 84 valence electrons. The molecule has 0 unspecified atom stereocenters. The lowest BCUT2D eigenvalue weighted by Gasteiger charge is -2.04. The number of rotatable bonds is 1. The second-order valence-corrected chi connectivity index (χ2v) is 5.31. The maximum Gasteiger partial charge on any atom is 0.163 e. The van der Waals surface area contributed by atoms with Crippen molar-refractivity contribution in [3.63, 3.8) is 0 Å². The van der Waals surface area contributed by atoms with Crippen molar-refractivity contribution in [2.75, 3.05) is 0 Å². The molecule has 3 nitrogen and oxygen atoms in total. The summed E-state index contributed by atoms with van der Waals surface area (Å²) in [5.74, 6) is 0. The molecule has 0 N–H and O–H groups in total. The van der Waals surface area contributed by atoms with Crippen LogP contribution in [0.5, 0.6) is 0 Å². The number of imidazole rings is 1. The van der Waals surface area contributed by atoms with Gasteiger partial charge in [0.25, 0.3) is 0 Å². The lowest BCUT2D eigenvalue weighted by molar-refractivity contribution is 1.11. The van der Waals surface area contributed by atoms with Gasteiger partial charge in [-0.2, -0.15) is 0 Å². The molecule has 5 heteroatoms. The summed E-state index contributed by atoms with van der Waals surface area (Å²) in [6, 6.07) is 8.04. The van der Waals surface area contributed by atoms with Crippen LogP contribution in [-0.4, -0.2) is 14.4 Å². The van der Waals surface area contributed by atoms with E-state index < -0.39 is 0 Å². The van der Waals surface area contributed by atoms with Crippen molar-refractivity contribution >= 4 is 37.5 Å². The smallest absolute Gasteiger partial charge is 0.163 e. The van der Waals surface area contributed by atoms with Crippen molar-refractivity contribution in [1.82, 2.24) is 14.4 Å². The van der Waals surface area contributed by atoms with Gasteiger partial charge < -0.3 is 4.40 Å². The monoisotopic (exact) mass is 351 g/mol. The number of halogens is 2. The quantitative estimate of drug-likeness (QED) is 0.664. The number of hydrogen-bond acceptors (Lipinski definition) is 2. The fourth-order valence-electron chi connectivity index (χ4n) is 1.70. The topological polar surface area (TPSA) is 30.2 Å². The Balaban J connectivity index is 2.28. The van der Waals surface area contributed by atoms with Crippen molar-refractivity contribution in [3.8, 4) is 11.3 Å². The van der Waals surface area contributed by atoms with Gasteiger partial charge in [-0.15, -0.1) is 0 Å². The van der Waals surface area contributed by atoms with E-state index in [4.69, 9.17) is 0 Å². The van der Waals surface area contributed by atoms with Gasteiger partial charge in [-0.1, -0.05) is 28.1 Å². The second-order valence-electron chi connectivity index (χ2n) is 3.58. The van der Waals surface area contributed by atoms with Gasteiger partial charge in [0.1, 0.15) is 10.3 Å². The van der Waals surface area contributed by atoms with Crippen molar-refractivity contribution in [2.45, 2.75) is 0 Å². The molecular weight excluding hydrogens is 346 g/mol. The Labute approximate surface area is 115 Å². The summed E-state index contributed by atoms with van der Waals surface area (Å²) in [5.41, 5.74) is 2.78. The molecule has 0 aliphatic rings. The lowest BCUT2D eigenvalue weighted by Crippen LogP contribution is -1.92. The Morgan fingerprint density at radius 2 is 1.82 bits per heavy atom. The predicted octanol–water partition coefficient (Wildman–Crippen LogP) is 3.92. The fraction of sp³-hybridized carbons (Fsp3) is 0. The summed E-state index contributed by atoms with van der Waals surface area (Å²) in [6.07, 6.45) is 5.57. The van der Waals surface area contributed by atoms with Crippen LogP contribution in [0.4, 0.5) is 0 Å². The summed E-state index contributed by atoms with van der Waals surface area (Å²) in [5, 5.41) is 0. The van der Waals surface area contributed by atoms with Crippen molar-refractivity contribution < 1.29 is 0 Å². The highest BCUT2D eigenvalue weighted by Gasteiger charge is 2.08. The van der Waals surface area contributed by atoms with E-state index in [2.05, 4.69) is 41.8 Å². The molecule has 2 aromatic heterocycles. The van der Waals surface area contributed by atoms with Gasteiger partial charge in [-0.25, -0.2) is 9.97 Å². The molecule has 2 heterocycles. The molecule has 0 atom stereocenters. The molecule has 0 fully saturated rings. The summed E-state index contributed by atoms with van der Waals surface area (Å²) >= 11 is 6.83. The molecule has 0 spiro atoms. The van der Waals surface area contributed by atoms with E-state index in [9.17, 15) is 0 Å². The number of aromatic nitrogens is 3. The summed E-state index contributed by atoms with van der Waals surface area (Å²) in [4.78, 5) is 8.82. The molecular formula is C12H7Br2N3. The molecule has 3 aromatic rings. The van der Waals surface area contributed by atoms with Crippen LogP contribution in [0.3, 0.4) is 0 Å². The number of benzene rings is 1. The molecule has 1 aromatic carbocycles. The van der Waals surface area contributed by atoms with E-state index in [0.717, 1.165) is 26.0 Å². The SMILES string of the molecule is Brc1ccc(-c2nc(Br)cn3ccnc23)cc1. The average molecular weight is 353 g/mol. The van der Waals surface area contributed by atoms with Gasteiger partial charge in [-0.3, -0.25) is 0 Å². The van der Waals surface area contributed by atoms with Crippen LogP contribution in [0.15, 0.2) is 51.9 Å². The van der Waals surface area contributed by atoms with E-state index in [-0.39, 0.29) is 0 Å². The van der Waals surface area contributed by atoms with Gasteiger partial charge in [0, 0.05) is 28.6 Å². The molecule has 17 heavy (non-hydrogen) atoms. The van der Waals surface area contributed by atoms with Crippen LogP contribution < -0.4 is 0 Å². The van der Waals surface area contributed by atoms with Gasteiger partial charge in [0.05, 0.1) is 0 Å². The Morgan fingerprint density at radius 1 is 1.06 bits per heavy atom. The van der Waals surface area contributed by atoms with E-state index in [1.54, 1.807) is 6.20 Å². The van der Waals surface area contributed by atoms with Crippen molar-refractivity contribution in [2.24, 2.45) is 0 Å². The fourth-order valence-corrected chi connectivity index (χ4v) is 2.36. The van der Waals surface area contributed by atoms with Crippen LogP contribution in [-0.2, 0) is 0 Å². The van der Waals surface area contributed by atoms with Gasteiger partial charge in [-0.05, 0) is 28.1 Å². The maximum absolute atomic E-state index is 4.49. The average Bonchev–Trinajstić information content (AvgIpc) is 2.77. The molecule has 0 saturated carbocycles. The van der Waals surface area contributed by atoms with Gasteiger partial charge in [0.15, 0.2) is 5.65 Å². The largest absolute Gasteiger partial charge is 0.303 e. The molecule has 0 bridgehead atoms. The predicted molar refractivity (Wildman–Crippen MR) is 73.8 cm³/mol. The van der Waals surface area contributed by atoms with Crippen LogP contribution in [0.1, 0.15) is 0 Å². The first-order valence-electron chi connectivity index (χ1n) is 4.99. The van der Waals surface area contributed by atoms with Crippen LogP contribution in [0.2, 0.25) is 0 Å². The van der Waals surface area contributed by atoms with Gasteiger partial charge >= 0.3 is 0 Å². The van der Waals surface area contributed by atoms with E-state index in [0.29, 0.717) is 0 Å². The lowest BCUT2D eigenvalue weighted by atomic mass is 10.1. The number of hydrogen-bond donors (Lipinski definition) is 0. The third-order valence-corrected chi connectivity index (χ3v) is 3.37. The Kier molecular flexibility index (Phi) is 2.72. The highest BCUT2D eigenvalue weighted by atomic mass is 79.9. The van der Waals surface area contributed by atoms with Crippen molar-refractivity contribution in [3.05, 3.63) is 51.9 Å². The number of fused-ring (bicyclic) bond motifs is 1. The molecule has 3 rings (SSSR count). The third-order valence-electron chi connectivity index (χ3n) is 2.46. The molecule has 0 aliphatic carbocycles. The Hall–Kier alpha value is -1.20. The first kappa shape index (κ1) is 10.9. The summed E-state index contributed by atoms with van der Waals surface area (Å²) < 4.78 is 3.80. The Bertz CT molecular complexity index is 674. The van der Waals surface area contributed by atoms with Gasteiger partial charge in [0.2, 0.25) is 0 Å². The zero-order valence-corrected chi connectivity index (χ0v) is 11.8. The van der Waals surface area contributed by atoms with Crippen LogP contribution in [0.25, 0.3) is 16.9 Å². The highest BCUT2D eigenvalue weighted by Crippen LogP contribution is 2.25. The van der Waals surface area contributed by atoms with Crippen LogP contribution in [0, 0.1) is 0 Å². The molecule has 0 saturated heterocycles. The third kappa shape index (κ3) is 2.00. The minimum Gasteiger partial charge on any atom is -0.303 e. The summed E-state index contributed by atoms with van der Waals surface area (Å²) in [7, 11) is 0. The minimum absolute atomic E-state index is 0.793. The first-order chi connectivity index (χ1) is 8.24. The van der Waals surface area contributed by atoms with E-state index in [1.807, 2.05) is 41.1 Å². The zero-order chi connectivity index (χ0) is 11.8. The van der Waals surface area contributed by atoms with E-state index in [1.165, 1.54) is 0 Å².